The predicted molar refractivity (Wildman–Crippen MR) is 118 cm³/mol. The summed E-state index contributed by atoms with van der Waals surface area (Å²) in [5.74, 6) is 5.91. The van der Waals surface area contributed by atoms with E-state index in [1.165, 1.54) is 10.6 Å². The minimum Gasteiger partial charge on any atom is -0.496 e. The van der Waals surface area contributed by atoms with Gasteiger partial charge >= 0.3 is 0 Å². The van der Waals surface area contributed by atoms with Crippen molar-refractivity contribution in [3.8, 4) is 5.75 Å². The summed E-state index contributed by atoms with van der Waals surface area (Å²) in [6, 6.07) is 8.32. The Morgan fingerprint density at radius 1 is 1.42 bits per heavy atom. The number of fused-ring (bicyclic) bond motifs is 1. The second kappa shape index (κ2) is 9.84. The van der Waals surface area contributed by atoms with Crippen LogP contribution in [0.4, 0.5) is 5.82 Å². The van der Waals surface area contributed by atoms with Gasteiger partial charge in [0, 0.05) is 13.1 Å². The number of carbonyl (C=O) groups excluding carboxylic acids is 1. The summed E-state index contributed by atoms with van der Waals surface area (Å²) in [6.45, 7) is 3.25. The zero-order chi connectivity index (χ0) is 22.5. The highest BCUT2D eigenvalue weighted by atomic mass is 16.5. The van der Waals surface area contributed by atoms with Crippen molar-refractivity contribution in [1.29, 1.82) is 5.41 Å². The maximum absolute atomic E-state index is 13.0. The standard InChI is InChI=1S/C21H29N7O3/c1-13(12-29)28(26-23)20(22)17-5-4-6-19(24-17)25-21(30)16-9-15-11-27(2)8-7-14(15)10-18(16)31-3/h4-6,9-10,13,22,26,29H,7-8,11-12,23H2,1-3H3,(H,24,25,30). The minimum absolute atomic E-state index is 0.0328. The number of hydrogen-bond acceptors (Lipinski definition) is 8. The van der Waals surface area contributed by atoms with Gasteiger partial charge in [-0.05, 0) is 55.8 Å². The summed E-state index contributed by atoms with van der Waals surface area (Å²) >= 11 is 0. The fourth-order valence-corrected chi connectivity index (χ4v) is 3.51. The molecule has 10 nitrogen and oxygen atoms in total. The maximum Gasteiger partial charge on any atom is 0.260 e. The third kappa shape index (κ3) is 5.00. The van der Waals surface area contributed by atoms with E-state index < -0.39 is 6.04 Å². The van der Waals surface area contributed by atoms with E-state index in [1.54, 1.807) is 32.2 Å². The van der Waals surface area contributed by atoms with Gasteiger partial charge in [-0.15, -0.1) is 0 Å². The van der Waals surface area contributed by atoms with Gasteiger partial charge in [0.1, 0.15) is 17.3 Å². The van der Waals surface area contributed by atoms with Gasteiger partial charge in [-0.1, -0.05) is 6.07 Å². The van der Waals surface area contributed by atoms with Gasteiger partial charge in [-0.3, -0.25) is 21.1 Å². The Balaban J connectivity index is 1.84. The number of nitrogens with zero attached hydrogens (tertiary/aromatic N) is 3. The molecule has 0 spiro atoms. The van der Waals surface area contributed by atoms with Crippen molar-refractivity contribution in [3.05, 3.63) is 52.7 Å². The number of ether oxygens (including phenoxy) is 1. The fraction of sp³-hybridized carbons (Fsp3) is 0.381. The molecule has 1 unspecified atom stereocenters. The number of hydrogen-bond donors (Lipinski definition) is 5. The van der Waals surface area contributed by atoms with Crippen LogP contribution in [0, 0.1) is 5.41 Å². The number of hydrazine groups is 2. The number of carbonyl (C=O) groups is 1. The first-order valence-corrected chi connectivity index (χ1v) is 10.00. The van der Waals surface area contributed by atoms with E-state index in [0.717, 1.165) is 25.1 Å². The molecule has 166 valence electrons. The zero-order valence-corrected chi connectivity index (χ0v) is 18.0. The molecule has 2 heterocycles. The Morgan fingerprint density at radius 3 is 2.87 bits per heavy atom. The Bertz CT molecular complexity index is 966. The van der Waals surface area contributed by atoms with Crippen LogP contribution in [0.5, 0.6) is 5.75 Å². The highest BCUT2D eigenvalue weighted by Crippen LogP contribution is 2.28. The molecule has 1 aromatic carbocycles. The van der Waals surface area contributed by atoms with E-state index in [1.807, 2.05) is 12.1 Å². The van der Waals surface area contributed by atoms with Gasteiger partial charge in [0.05, 0.1) is 25.3 Å². The Labute approximate surface area is 181 Å². The van der Waals surface area contributed by atoms with Crippen LogP contribution in [0.25, 0.3) is 0 Å². The highest BCUT2D eigenvalue weighted by Gasteiger charge is 2.22. The van der Waals surface area contributed by atoms with E-state index in [4.69, 9.17) is 16.0 Å². The third-order valence-corrected chi connectivity index (χ3v) is 5.29. The van der Waals surface area contributed by atoms with Crippen molar-refractivity contribution in [3.63, 3.8) is 0 Å². The molecule has 0 radical (unpaired) electrons. The molecule has 1 aliphatic rings. The SMILES string of the molecule is COc1cc2c(cc1C(=O)Nc1cccc(C(=N)N(NN)C(C)CO)n1)CN(C)CC2. The molecule has 0 aliphatic carbocycles. The molecular formula is C21H29N7O3. The van der Waals surface area contributed by atoms with Crippen molar-refractivity contribution in [1.82, 2.24) is 20.4 Å². The number of pyridine rings is 1. The van der Waals surface area contributed by atoms with Crippen LogP contribution >= 0.6 is 0 Å². The molecule has 0 saturated heterocycles. The first-order valence-electron chi connectivity index (χ1n) is 10.00. The number of aliphatic hydroxyl groups excluding tert-OH is 1. The lowest BCUT2D eigenvalue weighted by molar-refractivity contribution is 0.102. The van der Waals surface area contributed by atoms with Crippen molar-refractivity contribution in [2.24, 2.45) is 5.84 Å². The molecule has 31 heavy (non-hydrogen) atoms. The minimum atomic E-state index is -0.435. The summed E-state index contributed by atoms with van der Waals surface area (Å²) in [7, 11) is 3.60. The van der Waals surface area contributed by atoms with Crippen LogP contribution in [0.1, 0.15) is 34.1 Å². The third-order valence-electron chi connectivity index (χ3n) is 5.29. The van der Waals surface area contributed by atoms with Crippen LogP contribution < -0.4 is 21.4 Å². The molecule has 0 bridgehead atoms. The zero-order valence-electron chi connectivity index (χ0n) is 18.0. The quantitative estimate of drug-likeness (QED) is 0.188. The number of amides is 1. The van der Waals surface area contributed by atoms with Crippen LogP contribution in [0.15, 0.2) is 30.3 Å². The molecule has 1 aliphatic heterocycles. The molecule has 2 aromatic rings. The number of likely N-dealkylation sites (N-methyl/N-ethyl adjacent to an activating group) is 1. The highest BCUT2D eigenvalue weighted by molar-refractivity contribution is 6.06. The number of rotatable bonds is 7. The first-order chi connectivity index (χ1) is 14.9. The number of nitrogens with two attached hydrogens (primary N) is 1. The normalized spacial score (nSPS) is 14.5. The van der Waals surface area contributed by atoms with Gasteiger partial charge in [0.25, 0.3) is 5.91 Å². The number of aromatic nitrogens is 1. The van der Waals surface area contributed by atoms with Gasteiger partial charge in [0.2, 0.25) is 0 Å². The van der Waals surface area contributed by atoms with Crippen LogP contribution in [-0.2, 0) is 13.0 Å². The van der Waals surface area contributed by atoms with Crippen LogP contribution in [-0.4, -0.2) is 65.1 Å². The number of nitrogens with one attached hydrogen (secondary N) is 3. The number of anilines is 1. The average Bonchev–Trinajstić information content (AvgIpc) is 2.78. The lowest BCUT2D eigenvalue weighted by Crippen LogP contribution is -2.53. The lowest BCUT2D eigenvalue weighted by Gasteiger charge is -2.28. The van der Waals surface area contributed by atoms with Crippen LogP contribution in [0.2, 0.25) is 0 Å². The molecule has 3 rings (SSSR count). The monoisotopic (exact) mass is 427 g/mol. The molecule has 1 amide bonds. The average molecular weight is 428 g/mol. The molecule has 10 heteroatoms. The lowest BCUT2D eigenvalue weighted by atomic mass is 9.96. The fourth-order valence-electron chi connectivity index (χ4n) is 3.51. The molecule has 0 fully saturated rings. The number of aliphatic hydroxyl groups is 1. The maximum atomic E-state index is 13.0. The number of amidine groups is 1. The van der Waals surface area contributed by atoms with E-state index in [-0.39, 0.29) is 29.9 Å². The second-order valence-corrected chi connectivity index (χ2v) is 7.55. The molecule has 1 atom stereocenters. The largest absolute Gasteiger partial charge is 0.496 e. The topological polar surface area (TPSA) is 140 Å². The van der Waals surface area contributed by atoms with Gasteiger partial charge in [-0.2, -0.15) is 5.53 Å². The van der Waals surface area contributed by atoms with E-state index in [2.05, 4.69) is 27.8 Å². The van der Waals surface area contributed by atoms with Crippen molar-refractivity contribution in [2.75, 3.05) is 32.6 Å². The van der Waals surface area contributed by atoms with Crippen molar-refractivity contribution in [2.45, 2.75) is 25.9 Å². The van der Waals surface area contributed by atoms with Crippen molar-refractivity contribution >= 4 is 17.6 Å². The van der Waals surface area contributed by atoms with E-state index >= 15 is 0 Å². The summed E-state index contributed by atoms with van der Waals surface area (Å²) in [5.41, 5.74) is 5.39. The smallest absolute Gasteiger partial charge is 0.260 e. The summed E-state index contributed by atoms with van der Waals surface area (Å²) in [6.07, 6.45) is 0.910. The van der Waals surface area contributed by atoms with Crippen LogP contribution in [0.3, 0.4) is 0 Å². The van der Waals surface area contributed by atoms with Gasteiger partial charge in [0.15, 0.2) is 5.84 Å². The van der Waals surface area contributed by atoms with E-state index in [0.29, 0.717) is 11.3 Å². The Kier molecular flexibility index (Phi) is 7.18. The second-order valence-electron chi connectivity index (χ2n) is 7.55. The molecular weight excluding hydrogens is 398 g/mol. The van der Waals surface area contributed by atoms with Gasteiger partial charge < -0.3 is 20.1 Å². The number of benzene rings is 1. The van der Waals surface area contributed by atoms with Crippen molar-refractivity contribution < 1.29 is 14.6 Å². The van der Waals surface area contributed by atoms with E-state index in [9.17, 15) is 9.90 Å². The molecule has 0 saturated carbocycles. The Morgan fingerprint density at radius 2 is 2.19 bits per heavy atom. The summed E-state index contributed by atoms with van der Waals surface area (Å²) < 4.78 is 5.46. The summed E-state index contributed by atoms with van der Waals surface area (Å²) in [5, 5.41) is 21.8. The number of methoxy groups -OCH3 is 1. The first kappa shape index (κ1) is 22.6. The Hall–Kier alpha value is -3.05. The molecule has 6 N–H and O–H groups in total. The van der Waals surface area contributed by atoms with Gasteiger partial charge in [-0.25, -0.2) is 4.98 Å². The molecule has 1 aromatic heterocycles. The predicted octanol–water partition coefficient (Wildman–Crippen LogP) is 0.717. The summed E-state index contributed by atoms with van der Waals surface area (Å²) in [4.78, 5) is 19.6.